The van der Waals surface area contributed by atoms with Crippen LogP contribution in [0.15, 0.2) is 12.4 Å². The number of nitrogens with zero attached hydrogens (tertiary/aromatic N) is 4. The van der Waals surface area contributed by atoms with Gasteiger partial charge in [0.1, 0.15) is 18.0 Å². The van der Waals surface area contributed by atoms with E-state index >= 15 is 0 Å². The SMILES string of the molecule is CCCN(CCC)c1cc(N(CCC)CCC)ncn1. The number of anilines is 2. The minimum atomic E-state index is 1.06. The molecule has 4 nitrogen and oxygen atoms in total. The first-order chi connectivity index (χ1) is 9.76. The van der Waals surface area contributed by atoms with Crippen molar-refractivity contribution in [3.63, 3.8) is 0 Å². The standard InChI is InChI=1S/C16H30N4/c1-5-9-19(10-6-2)15-13-16(18-14-17-15)20(11-7-3)12-8-4/h13-14H,5-12H2,1-4H3. The number of hydrogen-bond donors (Lipinski definition) is 0. The molecule has 0 saturated carbocycles. The second kappa shape index (κ2) is 9.56. The topological polar surface area (TPSA) is 32.3 Å². The van der Waals surface area contributed by atoms with Gasteiger partial charge in [-0.1, -0.05) is 27.7 Å². The zero-order chi connectivity index (χ0) is 14.8. The molecule has 0 spiro atoms. The normalized spacial score (nSPS) is 10.6. The molecule has 1 heterocycles. The minimum absolute atomic E-state index is 1.06. The molecule has 1 aromatic rings. The molecule has 0 amide bonds. The van der Waals surface area contributed by atoms with Gasteiger partial charge in [0.2, 0.25) is 0 Å². The maximum absolute atomic E-state index is 4.47. The average Bonchev–Trinajstić information content (AvgIpc) is 2.47. The number of aromatic nitrogens is 2. The first-order valence-electron chi connectivity index (χ1n) is 8.08. The summed E-state index contributed by atoms with van der Waals surface area (Å²) in [6, 6.07) is 2.15. The van der Waals surface area contributed by atoms with Gasteiger partial charge in [0, 0.05) is 32.2 Å². The summed E-state index contributed by atoms with van der Waals surface area (Å²) in [7, 11) is 0. The lowest BCUT2D eigenvalue weighted by Gasteiger charge is -2.26. The Hall–Kier alpha value is -1.32. The van der Waals surface area contributed by atoms with Crippen molar-refractivity contribution in [3.8, 4) is 0 Å². The van der Waals surface area contributed by atoms with Crippen LogP contribution in [-0.4, -0.2) is 36.1 Å². The highest BCUT2D eigenvalue weighted by Gasteiger charge is 2.11. The van der Waals surface area contributed by atoms with Crippen molar-refractivity contribution in [2.75, 3.05) is 36.0 Å². The van der Waals surface area contributed by atoms with Crippen molar-refractivity contribution in [3.05, 3.63) is 12.4 Å². The molecule has 0 bridgehead atoms. The Bertz CT molecular complexity index is 324. The van der Waals surface area contributed by atoms with Gasteiger partial charge < -0.3 is 9.80 Å². The molecule has 20 heavy (non-hydrogen) atoms. The van der Waals surface area contributed by atoms with Crippen LogP contribution in [0.2, 0.25) is 0 Å². The highest BCUT2D eigenvalue weighted by Crippen LogP contribution is 2.18. The molecule has 0 aliphatic carbocycles. The van der Waals surface area contributed by atoms with E-state index in [1.807, 2.05) is 0 Å². The Labute approximate surface area is 124 Å². The lowest BCUT2D eigenvalue weighted by Crippen LogP contribution is -2.28. The van der Waals surface area contributed by atoms with E-state index < -0.39 is 0 Å². The summed E-state index contributed by atoms with van der Waals surface area (Å²) >= 11 is 0. The number of hydrogen-bond acceptors (Lipinski definition) is 4. The van der Waals surface area contributed by atoms with Gasteiger partial charge >= 0.3 is 0 Å². The van der Waals surface area contributed by atoms with E-state index in [1.165, 1.54) is 0 Å². The maximum Gasteiger partial charge on any atom is 0.134 e. The minimum Gasteiger partial charge on any atom is -0.356 e. The Morgan fingerprint density at radius 3 is 1.35 bits per heavy atom. The van der Waals surface area contributed by atoms with Crippen molar-refractivity contribution < 1.29 is 0 Å². The van der Waals surface area contributed by atoms with E-state index in [2.05, 4.69) is 53.5 Å². The maximum atomic E-state index is 4.47. The highest BCUT2D eigenvalue weighted by molar-refractivity contribution is 5.50. The zero-order valence-electron chi connectivity index (χ0n) is 13.6. The van der Waals surface area contributed by atoms with Crippen LogP contribution in [-0.2, 0) is 0 Å². The zero-order valence-corrected chi connectivity index (χ0v) is 13.6. The van der Waals surface area contributed by atoms with Gasteiger partial charge in [-0.2, -0.15) is 0 Å². The van der Waals surface area contributed by atoms with E-state index in [-0.39, 0.29) is 0 Å². The molecule has 114 valence electrons. The smallest absolute Gasteiger partial charge is 0.134 e. The molecule has 0 aliphatic heterocycles. The summed E-state index contributed by atoms with van der Waals surface area (Å²) in [6.07, 6.45) is 6.29. The molecule has 0 atom stereocenters. The van der Waals surface area contributed by atoms with Crippen LogP contribution in [0.25, 0.3) is 0 Å². The lowest BCUT2D eigenvalue weighted by atomic mass is 10.3. The van der Waals surface area contributed by atoms with Crippen LogP contribution >= 0.6 is 0 Å². The van der Waals surface area contributed by atoms with Crippen LogP contribution in [0.1, 0.15) is 53.4 Å². The fourth-order valence-corrected chi connectivity index (χ4v) is 2.44. The van der Waals surface area contributed by atoms with Gasteiger partial charge in [0.25, 0.3) is 0 Å². The molecule has 0 fully saturated rings. The van der Waals surface area contributed by atoms with Crippen LogP contribution in [0, 0.1) is 0 Å². The van der Waals surface area contributed by atoms with Gasteiger partial charge in [-0.25, -0.2) is 9.97 Å². The molecule has 0 N–H and O–H groups in total. The predicted octanol–water partition coefficient (Wildman–Crippen LogP) is 3.73. The molecule has 4 heteroatoms. The van der Waals surface area contributed by atoms with Gasteiger partial charge in [0.05, 0.1) is 0 Å². The second-order valence-corrected chi connectivity index (χ2v) is 5.21. The summed E-state index contributed by atoms with van der Waals surface area (Å²) in [5.74, 6) is 2.13. The second-order valence-electron chi connectivity index (χ2n) is 5.21. The fourth-order valence-electron chi connectivity index (χ4n) is 2.44. The van der Waals surface area contributed by atoms with Crippen molar-refractivity contribution in [2.45, 2.75) is 53.4 Å². The largest absolute Gasteiger partial charge is 0.356 e. The van der Waals surface area contributed by atoms with E-state index in [4.69, 9.17) is 0 Å². The van der Waals surface area contributed by atoms with Gasteiger partial charge in [0.15, 0.2) is 0 Å². The number of rotatable bonds is 10. The quantitative estimate of drug-likeness (QED) is 0.653. The predicted molar refractivity (Wildman–Crippen MR) is 87.6 cm³/mol. The van der Waals surface area contributed by atoms with Crippen molar-refractivity contribution in [1.29, 1.82) is 0 Å². The Balaban J connectivity index is 2.90. The molecule has 0 aromatic carbocycles. The van der Waals surface area contributed by atoms with Crippen LogP contribution in [0.3, 0.4) is 0 Å². The van der Waals surface area contributed by atoms with Gasteiger partial charge in [-0.05, 0) is 25.7 Å². The summed E-state index contributed by atoms with van der Waals surface area (Å²) in [5, 5.41) is 0. The molecule has 0 radical (unpaired) electrons. The van der Waals surface area contributed by atoms with E-state index in [0.29, 0.717) is 0 Å². The average molecular weight is 278 g/mol. The summed E-state index contributed by atoms with van der Waals surface area (Å²) in [6.45, 7) is 13.1. The highest BCUT2D eigenvalue weighted by atomic mass is 15.2. The van der Waals surface area contributed by atoms with E-state index in [1.54, 1.807) is 6.33 Å². The first-order valence-corrected chi connectivity index (χ1v) is 8.08. The van der Waals surface area contributed by atoms with Crippen LogP contribution in [0.5, 0.6) is 0 Å². The Kier molecular flexibility index (Phi) is 8.00. The molecular formula is C16H30N4. The van der Waals surface area contributed by atoms with E-state index in [0.717, 1.165) is 63.5 Å². The molecule has 0 aliphatic rings. The van der Waals surface area contributed by atoms with Crippen molar-refractivity contribution in [2.24, 2.45) is 0 Å². The Morgan fingerprint density at radius 1 is 0.700 bits per heavy atom. The lowest BCUT2D eigenvalue weighted by molar-refractivity contribution is 0.718. The van der Waals surface area contributed by atoms with Gasteiger partial charge in [-0.15, -0.1) is 0 Å². The van der Waals surface area contributed by atoms with Crippen molar-refractivity contribution >= 4 is 11.6 Å². The third-order valence-electron chi connectivity index (χ3n) is 3.26. The van der Waals surface area contributed by atoms with Gasteiger partial charge in [-0.3, -0.25) is 0 Å². The summed E-state index contributed by atoms with van der Waals surface area (Å²) in [4.78, 5) is 13.7. The molecule has 1 rings (SSSR count). The van der Waals surface area contributed by atoms with Crippen LogP contribution in [0.4, 0.5) is 11.6 Å². The summed E-state index contributed by atoms with van der Waals surface area (Å²) < 4.78 is 0. The third-order valence-corrected chi connectivity index (χ3v) is 3.26. The van der Waals surface area contributed by atoms with Crippen LogP contribution < -0.4 is 9.80 Å². The molecular weight excluding hydrogens is 248 g/mol. The first kappa shape index (κ1) is 16.7. The summed E-state index contributed by atoms with van der Waals surface area (Å²) in [5.41, 5.74) is 0. The fraction of sp³-hybridized carbons (Fsp3) is 0.750. The molecule has 0 unspecified atom stereocenters. The van der Waals surface area contributed by atoms with E-state index in [9.17, 15) is 0 Å². The van der Waals surface area contributed by atoms with Crippen molar-refractivity contribution in [1.82, 2.24) is 9.97 Å². The third kappa shape index (κ3) is 4.99. The molecule has 1 aromatic heterocycles. The Morgan fingerprint density at radius 2 is 1.05 bits per heavy atom. The molecule has 0 saturated heterocycles. The monoisotopic (exact) mass is 278 g/mol.